The van der Waals surface area contributed by atoms with Crippen molar-refractivity contribution in [2.75, 3.05) is 26.3 Å². The van der Waals surface area contributed by atoms with Crippen LogP contribution in [0.25, 0.3) is 10.9 Å². The molecule has 1 aromatic carbocycles. The molecule has 0 aliphatic rings. The van der Waals surface area contributed by atoms with Crippen molar-refractivity contribution in [3.05, 3.63) is 35.8 Å². The predicted octanol–water partition coefficient (Wildman–Crippen LogP) is 2.83. The molecular formula is C19H25FN2O4. The Bertz CT molecular complexity index is 759. The molecule has 7 heteroatoms. The number of aromatic amines is 1. The Labute approximate surface area is 151 Å². The minimum atomic E-state index is -0.935. The molecule has 0 saturated heterocycles. The number of carboxylic acid groups (broad SMARTS) is 1. The zero-order chi connectivity index (χ0) is 19.1. The Balaban J connectivity index is 2.09. The number of fused-ring (bicyclic) bond motifs is 1. The summed E-state index contributed by atoms with van der Waals surface area (Å²) in [5.41, 5.74) is 1.40. The van der Waals surface area contributed by atoms with Gasteiger partial charge in [0.05, 0.1) is 12.3 Å². The minimum Gasteiger partial charge on any atom is -0.481 e. The number of aromatic nitrogens is 1. The van der Waals surface area contributed by atoms with Crippen LogP contribution in [0.1, 0.15) is 25.8 Å². The van der Waals surface area contributed by atoms with Gasteiger partial charge in [0.25, 0.3) is 0 Å². The molecule has 1 aromatic heterocycles. The second kappa shape index (κ2) is 9.33. The molecule has 6 nitrogen and oxygen atoms in total. The van der Waals surface area contributed by atoms with Crippen LogP contribution < -0.4 is 0 Å². The van der Waals surface area contributed by atoms with Gasteiger partial charge in [0.2, 0.25) is 5.91 Å². The molecule has 1 unspecified atom stereocenters. The van der Waals surface area contributed by atoms with Crippen molar-refractivity contribution in [2.45, 2.75) is 26.7 Å². The molecule has 2 rings (SSSR count). The molecule has 2 aromatic rings. The number of carboxylic acids is 1. The fraction of sp³-hybridized carbons (Fsp3) is 0.474. The number of hydrogen-bond acceptors (Lipinski definition) is 3. The molecule has 0 aliphatic carbocycles. The van der Waals surface area contributed by atoms with Gasteiger partial charge in [-0.3, -0.25) is 9.59 Å². The SMILES string of the molecule is CCOCCCN(CC(C)C(=O)O)C(=O)Cc1c[nH]c2cc(F)ccc12. The lowest BCUT2D eigenvalue weighted by Gasteiger charge is -2.24. The third-order valence-electron chi connectivity index (χ3n) is 4.26. The van der Waals surface area contributed by atoms with E-state index in [0.29, 0.717) is 31.7 Å². The summed E-state index contributed by atoms with van der Waals surface area (Å²) < 4.78 is 18.6. The number of aliphatic carboxylic acids is 1. The van der Waals surface area contributed by atoms with Crippen LogP contribution in [0.4, 0.5) is 4.39 Å². The van der Waals surface area contributed by atoms with Gasteiger partial charge in [0.15, 0.2) is 0 Å². The molecule has 0 radical (unpaired) electrons. The highest BCUT2D eigenvalue weighted by Crippen LogP contribution is 2.20. The standard InChI is InChI=1S/C19H25FN2O4/c1-3-26-8-4-7-22(12-13(2)19(24)25)18(23)9-14-11-21-17-10-15(20)5-6-16(14)17/h5-6,10-11,13,21H,3-4,7-9,12H2,1-2H3,(H,24,25). The van der Waals surface area contributed by atoms with E-state index in [9.17, 15) is 14.0 Å². The van der Waals surface area contributed by atoms with Crippen LogP contribution in [-0.2, 0) is 20.7 Å². The van der Waals surface area contributed by atoms with Gasteiger partial charge in [-0.1, -0.05) is 6.92 Å². The van der Waals surface area contributed by atoms with Gasteiger partial charge in [0, 0.05) is 43.4 Å². The van der Waals surface area contributed by atoms with E-state index >= 15 is 0 Å². The first-order chi connectivity index (χ1) is 12.4. The van der Waals surface area contributed by atoms with E-state index in [1.54, 1.807) is 24.1 Å². The van der Waals surface area contributed by atoms with E-state index in [2.05, 4.69) is 4.98 Å². The van der Waals surface area contributed by atoms with Crippen molar-refractivity contribution < 1.29 is 23.8 Å². The largest absolute Gasteiger partial charge is 0.481 e. The highest BCUT2D eigenvalue weighted by molar-refractivity contribution is 5.89. The number of carbonyl (C=O) groups excluding carboxylic acids is 1. The van der Waals surface area contributed by atoms with Crippen LogP contribution in [-0.4, -0.2) is 53.2 Å². The molecule has 0 fully saturated rings. The highest BCUT2D eigenvalue weighted by Gasteiger charge is 2.21. The van der Waals surface area contributed by atoms with Gasteiger partial charge in [-0.15, -0.1) is 0 Å². The van der Waals surface area contributed by atoms with Crippen molar-refractivity contribution in [1.29, 1.82) is 0 Å². The van der Waals surface area contributed by atoms with Gasteiger partial charge >= 0.3 is 5.97 Å². The lowest BCUT2D eigenvalue weighted by molar-refractivity contribution is -0.143. The Morgan fingerprint density at radius 1 is 1.38 bits per heavy atom. The molecule has 0 saturated carbocycles. The maximum atomic E-state index is 13.3. The van der Waals surface area contributed by atoms with Crippen LogP contribution in [0.3, 0.4) is 0 Å². The molecule has 26 heavy (non-hydrogen) atoms. The number of halogens is 1. The number of benzene rings is 1. The third-order valence-corrected chi connectivity index (χ3v) is 4.26. The molecule has 1 atom stereocenters. The van der Waals surface area contributed by atoms with Gasteiger partial charge in [-0.05, 0) is 37.1 Å². The van der Waals surface area contributed by atoms with Crippen molar-refractivity contribution >= 4 is 22.8 Å². The summed E-state index contributed by atoms with van der Waals surface area (Å²) in [6, 6.07) is 4.38. The fourth-order valence-electron chi connectivity index (χ4n) is 2.81. The number of rotatable bonds is 10. The smallest absolute Gasteiger partial charge is 0.308 e. The third kappa shape index (κ3) is 5.29. The number of amides is 1. The average Bonchev–Trinajstić information content (AvgIpc) is 2.99. The number of ether oxygens (including phenoxy) is 1. The second-order valence-corrected chi connectivity index (χ2v) is 6.31. The zero-order valence-corrected chi connectivity index (χ0v) is 15.1. The van der Waals surface area contributed by atoms with Gasteiger partial charge in [-0.25, -0.2) is 4.39 Å². The Morgan fingerprint density at radius 2 is 2.15 bits per heavy atom. The van der Waals surface area contributed by atoms with E-state index in [1.165, 1.54) is 12.1 Å². The quantitative estimate of drug-likeness (QED) is 0.635. The minimum absolute atomic E-state index is 0.132. The zero-order valence-electron chi connectivity index (χ0n) is 15.1. The molecule has 1 amide bonds. The Morgan fingerprint density at radius 3 is 2.85 bits per heavy atom. The summed E-state index contributed by atoms with van der Waals surface area (Å²) in [6.45, 7) is 5.19. The fourth-order valence-corrected chi connectivity index (χ4v) is 2.81. The van der Waals surface area contributed by atoms with E-state index in [0.717, 1.165) is 10.9 Å². The normalized spacial score (nSPS) is 12.3. The summed E-state index contributed by atoms with van der Waals surface area (Å²) in [7, 11) is 0. The second-order valence-electron chi connectivity index (χ2n) is 6.31. The molecular weight excluding hydrogens is 339 g/mol. The van der Waals surface area contributed by atoms with E-state index < -0.39 is 11.9 Å². The molecule has 2 N–H and O–H groups in total. The van der Waals surface area contributed by atoms with E-state index in [4.69, 9.17) is 9.84 Å². The van der Waals surface area contributed by atoms with E-state index in [-0.39, 0.29) is 24.7 Å². The number of H-pyrrole nitrogens is 1. The van der Waals surface area contributed by atoms with Crippen LogP contribution in [0, 0.1) is 11.7 Å². The Hall–Kier alpha value is -2.41. The summed E-state index contributed by atoms with van der Waals surface area (Å²) in [5, 5.41) is 9.94. The van der Waals surface area contributed by atoms with Crippen LogP contribution in [0.5, 0.6) is 0 Å². The van der Waals surface area contributed by atoms with Crippen molar-refractivity contribution in [2.24, 2.45) is 5.92 Å². The van der Waals surface area contributed by atoms with Gasteiger partial charge in [-0.2, -0.15) is 0 Å². The molecule has 142 valence electrons. The maximum Gasteiger partial charge on any atom is 0.308 e. The summed E-state index contributed by atoms with van der Waals surface area (Å²) in [4.78, 5) is 28.4. The van der Waals surface area contributed by atoms with Gasteiger partial charge in [0.1, 0.15) is 5.82 Å². The maximum absolute atomic E-state index is 13.3. The molecule has 1 heterocycles. The molecule has 0 spiro atoms. The highest BCUT2D eigenvalue weighted by atomic mass is 19.1. The first-order valence-electron chi connectivity index (χ1n) is 8.76. The number of carbonyl (C=O) groups is 2. The molecule has 0 bridgehead atoms. The Kier molecular flexibility index (Phi) is 7.15. The van der Waals surface area contributed by atoms with Crippen molar-refractivity contribution in [3.8, 4) is 0 Å². The van der Waals surface area contributed by atoms with Gasteiger partial charge < -0.3 is 19.7 Å². The number of nitrogens with one attached hydrogen (secondary N) is 1. The first kappa shape index (κ1) is 19.9. The van der Waals surface area contributed by atoms with Crippen LogP contribution in [0.15, 0.2) is 24.4 Å². The summed E-state index contributed by atoms with van der Waals surface area (Å²) in [5.74, 6) is -2.08. The molecule has 0 aliphatic heterocycles. The topological polar surface area (TPSA) is 82.6 Å². The number of nitrogens with zero attached hydrogens (tertiary/aromatic N) is 1. The lowest BCUT2D eigenvalue weighted by Crippen LogP contribution is -2.38. The lowest BCUT2D eigenvalue weighted by atomic mass is 10.1. The summed E-state index contributed by atoms with van der Waals surface area (Å²) in [6.07, 6.45) is 2.47. The van der Waals surface area contributed by atoms with Crippen LogP contribution >= 0.6 is 0 Å². The van der Waals surface area contributed by atoms with Crippen molar-refractivity contribution in [1.82, 2.24) is 9.88 Å². The number of hydrogen-bond donors (Lipinski definition) is 2. The predicted molar refractivity (Wildman–Crippen MR) is 96.5 cm³/mol. The van der Waals surface area contributed by atoms with E-state index in [1.807, 2.05) is 6.92 Å². The van der Waals surface area contributed by atoms with Crippen molar-refractivity contribution in [3.63, 3.8) is 0 Å². The first-order valence-corrected chi connectivity index (χ1v) is 8.76. The summed E-state index contributed by atoms with van der Waals surface area (Å²) >= 11 is 0. The van der Waals surface area contributed by atoms with Crippen LogP contribution in [0.2, 0.25) is 0 Å². The average molecular weight is 364 g/mol. The monoisotopic (exact) mass is 364 g/mol.